The van der Waals surface area contributed by atoms with Crippen LogP contribution in [0.1, 0.15) is 12.8 Å². The Morgan fingerprint density at radius 2 is 2.00 bits per heavy atom. The second kappa shape index (κ2) is 4.13. The molecule has 1 fully saturated rings. The number of aliphatic hydroxyl groups is 2. The second-order valence-electron chi connectivity index (χ2n) is 2.75. The van der Waals surface area contributed by atoms with Gasteiger partial charge in [0.25, 0.3) is 0 Å². The third-order valence-electron chi connectivity index (χ3n) is 1.93. The lowest BCUT2D eigenvalue weighted by Gasteiger charge is -2.04. The Kier molecular flexibility index (Phi) is 4.20. The first-order chi connectivity index (χ1) is 4.24. The molecule has 1 saturated carbocycles. The summed E-state index contributed by atoms with van der Waals surface area (Å²) >= 11 is 0. The minimum Gasteiger partial charge on any atom is -0.396 e. The molecule has 3 unspecified atom stereocenters. The Morgan fingerprint density at radius 3 is 2.20 bits per heavy atom. The fourth-order valence-corrected chi connectivity index (χ4v) is 1.30. The summed E-state index contributed by atoms with van der Waals surface area (Å²) in [6, 6.07) is -0.109. The van der Waals surface area contributed by atoms with Gasteiger partial charge in [0.15, 0.2) is 0 Å². The van der Waals surface area contributed by atoms with Crippen molar-refractivity contribution in [1.82, 2.24) is 0 Å². The van der Waals surface area contributed by atoms with Gasteiger partial charge in [0, 0.05) is 12.6 Å². The van der Waals surface area contributed by atoms with Crippen molar-refractivity contribution < 1.29 is 10.2 Å². The first-order valence-electron chi connectivity index (χ1n) is 3.28. The average molecular weight is 168 g/mol. The molecule has 1 aliphatic rings. The first kappa shape index (κ1) is 10.2. The number of halogens is 1. The molecule has 0 aliphatic heterocycles. The second-order valence-corrected chi connectivity index (χ2v) is 2.75. The van der Waals surface area contributed by atoms with E-state index in [-0.39, 0.29) is 37.1 Å². The van der Waals surface area contributed by atoms with Crippen LogP contribution in [0.5, 0.6) is 0 Å². The van der Waals surface area contributed by atoms with Gasteiger partial charge >= 0.3 is 0 Å². The van der Waals surface area contributed by atoms with Crippen molar-refractivity contribution in [3.8, 4) is 0 Å². The summed E-state index contributed by atoms with van der Waals surface area (Å²) in [7, 11) is 0. The lowest BCUT2D eigenvalue weighted by Crippen LogP contribution is -2.28. The first-order valence-corrected chi connectivity index (χ1v) is 3.28. The molecule has 0 aromatic rings. The van der Waals surface area contributed by atoms with Crippen molar-refractivity contribution in [3.05, 3.63) is 0 Å². The minimum atomic E-state index is -0.387. The molecule has 62 valence electrons. The topological polar surface area (TPSA) is 66.5 Å². The van der Waals surface area contributed by atoms with Gasteiger partial charge in [-0.15, -0.1) is 12.4 Å². The van der Waals surface area contributed by atoms with Crippen LogP contribution in [-0.4, -0.2) is 29.0 Å². The summed E-state index contributed by atoms with van der Waals surface area (Å²) in [4.78, 5) is 0. The van der Waals surface area contributed by atoms with Gasteiger partial charge in [-0.3, -0.25) is 0 Å². The maximum atomic E-state index is 9.06. The zero-order valence-corrected chi connectivity index (χ0v) is 6.55. The maximum Gasteiger partial charge on any atom is 0.0694 e. The highest BCUT2D eigenvalue weighted by Gasteiger charge is 2.29. The van der Waals surface area contributed by atoms with Gasteiger partial charge in [-0.05, 0) is 18.8 Å². The quantitative estimate of drug-likeness (QED) is 0.493. The molecule has 0 radical (unpaired) electrons. The van der Waals surface area contributed by atoms with E-state index in [1.54, 1.807) is 0 Å². The highest BCUT2D eigenvalue weighted by atomic mass is 35.5. The Labute approximate surface area is 66.6 Å². The smallest absolute Gasteiger partial charge is 0.0694 e. The highest BCUT2D eigenvalue weighted by Crippen LogP contribution is 2.23. The molecule has 4 N–H and O–H groups in total. The predicted octanol–water partition coefficient (Wildman–Crippen LogP) is -0.501. The molecule has 0 bridgehead atoms. The fraction of sp³-hybridized carbons (Fsp3) is 1.00. The minimum absolute atomic E-state index is 0. The molecule has 0 heterocycles. The van der Waals surface area contributed by atoms with Crippen LogP contribution >= 0.6 is 12.4 Å². The lowest BCUT2D eigenvalue weighted by molar-refractivity contribution is 0.153. The van der Waals surface area contributed by atoms with E-state index < -0.39 is 0 Å². The van der Waals surface area contributed by atoms with Gasteiger partial charge in [-0.2, -0.15) is 0 Å². The standard InChI is InChI=1S/C6H13NO2.ClH/c7-5-1-4(3-8)2-6(5)9;/h4-6,8-9H,1-3,7H2;1H. The van der Waals surface area contributed by atoms with Crippen LogP contribution in [0.15, 0.2) is 0 Å². The SMILES string of the molecule is Cl.NC1CC(CO)CC1O. The van der Waals surface area contributed by atoms with E-state index in [1.807, 2.05) is 0 Å². The summed E-state index contributed by atoms with van der Waals surface area (Å²) in [6.45, 7) is 0.158. The van der Waals surface area contributed by atoms with Crippen molar-refractivity contribution in [2.75, 3.05) is 6.61 Å². The number of rotatable bonds is 1. The summed E-state index contributed by atoms with van der Waals surface area (Å²) in [6.07, 6.45) is 1.04. The highest BCUT2D eigenvalue weighted by molar-refractivity contribution is 5.85. The Morgan fingerprint density at radius 1 is 1.40 bits per heavy atom. The Hall–Kier alpha value is 0.170. The molecular formula is C6H14ClNO2. The molecule has 0 spiro atoms. The zero-order chi connectivity index (χ0) is 6.85. The molecule has 4 heteroatoms. The molecular weight excluding hydrogens is 154 g/mol. The lowest BCUT2D eigenvalue weighted by atomic mass is 10.1. The van der Waals surface area contributed by atoms with E-state index >= 15 is 0 Å². The number of nitrogens with two attached hydrogens (primary N) is 1. The molecule has 0 amide bonds. The van der Waals surface area contributed by atoms with Gasteiger partial charge in [0.05, 0.1) is 6.10 Å². The van der Waals surface area contributed by atoms with Crippen molar-refractivity contribution in [3.63, 3.8) is 0 Å². The van der Waals surface area contributed by atoms with E-state index in [4.69, 9.17) is 15.9 Å². The molecule has 0 aromatic carbocycles. The number of hydrogen-bond acceptors (Lipinski definition) is 3. The normalized spacial score (nSPS) is 39.3. The van der Waals surface area contributed by atoms with Crippen molar-refractivity contribution >= 4 is 12.4 Å². The molecule has 10 heavy (non-hydrogen) atoms. The largest absolute Gasteiger partial charge is 0.396 e. The van der Waals surface area contributed by atoms with Crippen LogP contribution in [0.3, 0.4) is 0 Å². The van der Waals surface area contributed by atoms with E-state index in [2.05, 4.69) is 0 Å². The summed E-state index contributed by atoms with van der Waals surface area (Å²) in [5.74, 6) is 0.231. The van der Waals surface area contributed by atoms with Gasteiger partial charge in [-0.1, -0.05) is 0 Å². The molecule has 3 atom stereocenters. The van der Waals surface area contributed by atoms with Crippen LogP contribution in [0.25, 0.3) is 0 Å². The summed E-state index contributed by atoms with van der Waals surface area (Å²) in [5.41, 5.74) is 5.48. The van der Waals surface area contributed by atoms with E-state index in [0.29, 0.717) is 6.42 Å². The maximum absolute atomic E-state index is 9.06. The third kappa shape index (κ3) is 2.09. The van der Waals surface area contributed by atoms with Crippen molar-refractivity contribution in [1.29, 1.82) is 0 Å². The van der Waals surface area contributed by atoms with Gasteiger partial charge in [0.1, 0.15) is 0 Å². The van der Waals surface area contributed by atoms with Gasteiger partial charge < -0.3 is 15.9 Å². The Bertz CT molecular complexity index is 91.7. The molecule has 1 aliphatic carbocycles. The fourth-order valence-electron chi connectivity index (χ4n) is 1.30. The molecule has 0 aromatic heterocycles. The molecule has 1 rings (SSSR count). The van der Waals surface area contributed by atoms with Crippen molar-refractivity contribution in [2.24, 2.45) is 11.7 Å². The summed E-state index contributed by atoms with van der Waals surface area (Å²) in [5, 5.41) is 17.7. The Balaban J connectivity index is 0.000000810. The van der Waals surface area contributed by atoms with Crippen LogP contribution in [0, 0.1) is 5.92 Å². The predicted molar refractivity (Wildman–Crippen MR) is 41.0 cm³/mol. The van der Waals surface area contributed by atoms with Crippen LogP contribution < -0.4 is 5.73 Å². The van der Waals surface area contributed by atoms with E-state index in [9.17, 15) is 0 Å². The number of aliphatic hydroxyl groups excluding tert-OH is 2. The number of hydrogen-bond donors (Lipinski definition) is 3. The van der Waals surface area contributed by atoms with Crippen LogP contribution in [-0.2, 0) is 0 Å². The molecule has 0 saturated heterocycles. The van der Waals surface area contributed by atoms with Gasteiger partial charge in [0.2, 0.25) is 0 Å². The molecule has 3 nitrogen and oxygen atoms in total. The van der Waals surface area contributed by atoms with E-state index in [0.717, 1.165) is 6.42 Å². The third-order valence-corrected chi connectivity index (χ3v) is 1.93. The van der Waals surface area contributed by atoms with Crippen LogP contribution in [0.2, 0.25) is 0 Å². The van der Waals surface area contributed by atoms with Gasteiger partial charge in [-0.25, -0.2) is 0 Å². The van der Waals surface area contributed by atoms with Crippen molar-refractivity contribution in [2.45, 2.75) is 25.0 Å². The zero-order valence-electron chi connectivity index (χ0n) is 5.73. The summed E-state index contributed by atoms with van der Waals surface area (Å²) < 4.78 is 0. The monoisotopic (exact) mass is 167 g/mol. The van der Waals surface area contributed by atoms with Crippen LogP contribution in [0.4, 0.5) is 0 Å². The van der Waals surface area contributed by atoms with E-state index in [1.165, 1.54) is 0 Å². The average Bonchev–Trinajstić information content (AvgIpc) is 2.13.